The number of amides is 1. The Morgan fingerprint density at radius 1 is 1.24 bits per heavy atom. The number of ether oxygens (including phenoxy) is 2. The molecule has 1 aliphatic rings. The van der Waals surface area contributed by atoms with Crippen molar-refractivity contribution in [2.75, 3.05) is 50.2 Å². The minimum absolute atomic E-state index is 0.116. The molecule has 37 heavy (non-hydrogen) atoms. The fourth-order valence-electron chi connectivity index (χ4n) is 3.97. The predicted molar refractivity (Wildman–Crippen MR) is 137 cm³/mol. The van der Waals surface area contributed by atoms with Crippen molar-refractivity contribution in [1.82, 2.24) is 30.4 Å². The van der Waals surface area contributed by atoms with Gasteiger partial charge in [0.25, 0.3) is 5.91 Å². The van der Waals surface area contributed by atoms with Crippen LogP contribution in [0.2, 0.25) is 0 Å². The summed E-state index contributed by atoms with van der Waals surface area (Å²) >= 11 is 1.66. The number of likely N-dealkylation sites (N-methyl/N-ethyl adjacent to an activating group) is 1. The SMILES string of the molecule is COc1ccc(C2CN(c3ncc4sc(CCN(C)c5ncc(C(=O)NO)cn5)cc4n3)CCO2)cn1. The first-order valence-electron chi connectivity index (χ1n) is 11.6. The van der Waals surface area contributed by atoms with E-state index >= 15 is 0 Å². The molecule has 5 heterocycles. The Kier molecular flexibility index (Phi) is 7.35. The number of carbonyl (C=O) groups is 1. The summed E-state index contributed by atoms with van der Waals surface area (Å²) in [5, 5.41) is 8.71. The molecule has 0 radical (unpaired) electrons. The fraction of sp³-hybridized carbons (Fsp3) is 0.333. The minimum atomic E-state index is -0.648. The molecular formula is C24H26N8O4S. The van der Waals surface area contributed by atoms with Gasteiger partial charge in [-0.2, -0.15) is 0 Å². The number of rotatable bonds is 8. The molecule has 1 amide bonds. The number of hydrogen-bond donors (Lipinski definition) is 2. The molecular weight excluding hydrogens is 496 g/mol. The van der Waals surface area contributed by atoms with Gasteiger partial charge in [0.1, 0.15) is 6.10 Å². The highest BCUT2D eigenvalue weighted by atomic mass is 32.1. The lowest BCUT2D eigenvalue weighted by Crippen LogP contribution is -2.39. The van der Waals surface area contributed by atoms with Crippen molar-refractivity contribution < 1.29 is 19.5 Å². The van der Waals surface area contributed by atoms with Crippen LogP contribution in [0.3, 0.4) is 0 Å². The number of nitrogens with one attached hydrogen (secondary N) is 1. The van der Waals surface area contributed by atoms with Gasteiger partial charge in [-0.25, -0.2) is 30.4 Å². The van der Waals surface area contributed by atoms with Gasteiger partial charge >= 0.3 is 0 Å². The molecule has 2 N–H and O–H groups in total. The number of thiophene rings is 1. The van der Waals surface area contributed by atoms with Gasteiger partial charge < -0.3 is 19.3 Å². The van der Waals surface area contributed by atoms with Crippen molar-refractivity contribution in [2.24, 2.45) is 0 Å². The van der Waals surface area contributed by atoms with Gasteiger partial charge in [0.2, 0.25) is 17.8 Å². The van der Waals surface area contributed by atoms with Crippen molar-refractivity contribution in [2.45, 2.75) is 12.5 Å². The fourth-order valence-corrected chi connectivity index (χ4v) is 4.93. The van der Waals surface area contributed by atoms with E-state index in [1.807, 2.05) is 30.3 Å². The lowest BCUT2D eigenvalue weighted by Gasteiger charge is -2.33. The van der Waals surface area contributed by atoms with Crippen LogP contribution in [-0.4, -0.2) is 76.4 Å². The quantitative estimate of drug-likeness (QED) is 0.260. The Morgan fingerprint density at radius 2 is 2.08 bits per heavy atom. The topological polar surface area (TPSA) is 139 Å². The van der Waals surface area contributed by atoms with E-state index in [-0.39, 0.29) is 11.7 Å². The van der Waals surface area contributed by atoms with E-state index < -0.39 is 5.91 Å². The second kappa shape index (κ2) is 11.0. The van der Waals surface area contributed by atoms with Gasteiger partial charge in [-0.1, -0.05) is 0 Å². The van der Waals surface area contributed by atoms with Crippen LogP contribution in [0, 0.1) is 0 Å². The maximum atomic E-state index is 11.4. The largest absolute Gasteiger partial charge is 0.481 e. The van der Waals surface area contributed by atoms with Crippen LogP contribution in [-0.2, 0) is 11.2 Å². The number of anilines is 2. The van der Waals surface area contributed by atoms with Crippen molar-refractivity contribution >= 4 is 39.4 Å². The average Bonchev–Trinajstić information content (AvgIpc) is 3.38. The van der Waals surface area contributed by atoms with Gasteiger partial charge in [0, 0.05) is 55.2 Å². The summed E-state index contributed by atoms with van der Waals surface area (Å²) in [6, 6.07) is 5.90. The van der Waals surface area contributed by atoms with Crippen LogP contribution in [0.4, 0.5) is 11.9 Å². The molecule has 1 aliphatic heterocycles. The van der Waals surface area contributed by atoms with Crippen LogP contribution in [0.25, 0.3) is 10.2 Å². The zero-order chi connectivity index (χ0) is 25.8. The summed E-state index contributed by atoms with van der Waals surface area (Å²) in [5.74, 6) is 1.10. The molecule has 12 nitrogen and oxygen atoms in total. The number of aromatic nitrogens is 5. The lowest BCUT2D eigenvalue weighted by molar-refractivity contribution is 0.0390. The van der Waals surface area contributed by atoms with Crippen LogP contribution in [0.15, 0.2) is 43.0 Å². The van der Waals surface area contributed by atoms with Crippen molar-refractivity contribution in [1.29, 1.82) is 0 Å². The summed E-state index contributed by atoms with van der Waals surface area (Å²) in [5.41, 5.74) is 3.66. The molecule has 0 aliphatic carbocycles. The van der Waals surface area contributed by atoms with E-state index in [2.05, 4.69) is 30.9 Å². The first-order chi connectivity index (χ1) is 18.0. The molecule has 0 spiro atoms. The van der Waals surface area contributed by atoms with Crippen LogP contribution < -0.4 is 20.0 Å². The maximum Gasteiger partial charge on any atom is 0.277 e. The molecule has 5 rings (SSSR count). The van der Waals surface area contributed by atoms with Crippen molar-refractivity contribution in [3.63, 3.8) is 0 Å². The number of nitrogens with zero attached hydrogens (tertiary/aromatic N) is 7. The summed E-state index contributed by atoms with van der Waals surface area (Å²) in [6.45, 7) is 2.61. The molecule has 1 saturated heterocycles. The first kappa shape index (κ1) is 24.7. The van der Waals surface area contributed by atoms with E-state index in [1.54, 1.807) is 30.1 Å². The Balaban J connectivity index is 1.23. The molecule has 0 aromatic carbocycles. The minimum Gasteiger partial charge on any atom is -0.481 e. The molecule has 1 unspecified atom stereocenters. The monoisotopic (exact) mass is 522 g/mol. The molecule has 0 bridgehead atoms. The normalized spacial score (nSPS) is 15.5. The molecule has 4 aromatic rings. The number of morpholine rings is 1. The molecule has 0 saturated carbocycles. The van der Waals surface area contributed by atoms with E-state index in [1.165, 1.54) is 17.3 Å². The Hall–Kier alpha value is -3.94. The molecule has 192 valence electrons. The van der Waals surface area contributed by atoms with Crippen LogP contribution in [0.5, 0.6) is 5.88 Å². The lowest BCUT2D eigenvalue weighted by atomic mass is 10.1. The standard InChI is InChI=1S/C24H26N8O4S/c1-31(23-26-11-16(12-27-23)22(33)30-34)6-5-17-9-18-20(37-17)13-28-24(29-18)32-7-8-36-19(14-32)15-3-4-21(35-2)25-10-15/h3-4,9-13,19,34H,5-8,14H2,1-2H3,(H,30,33). The van der Waals surface area contributed by atoms with E-state index in [0.29, 0.717) is 44.0 Å². The summed E-state index contributed by atoms with van der Waals surface area (Å²) in [4.78, 5) is 38.8. The summed E-state index contributed by atoms with van der Waals surface area (Å²) in [6.07, 6.45) is 7.08. The number of hydroxylamine groups is 1. The van der Waals surface area contributed by atoms with Gasteiger partial charge in [0.15, 0.2) is 0 Å². The third-order valence-corrected chi connectivity index (χ3v) is 7.15. The number of pyridine rings is 1. The zero-order valence-electron chi connectivity index (χ0n) is 20.4. The Bertz CT molecular complexity index is 1370. The third kappa shape index (κ3) is 5.58. The van der Waals surface area contributed by atoms with Gasteiger partial charge in [0.05, 0.1) is 42.2 Å². The molecule has 4 aromatic heterocycles. The molecule has 13 heteroatoms. The summed E-state index contributed by atoms with van der Waals surface area (Å²) < 4.78 is 12.2. The highest BCUT2D eigenvalue weighted by molar-refractivity contribution is 7.18. The number of hydrogen-bond acceptors (Lipinski definition) is 12. The second-order valence-electron chi connectivity index (χ2n) is 8.46. The third-order valence-electron chi connectivity index (χ3n) is 6.04. The smallest absolute Gasteiger partial charge is 0.277 e. The highest BCUT2D eigenvalue weighted by Gasteiger charge is 2.24. The van der Waals surface area contributed by atoms with E-state index in [0.717, 1.165) is 22.2 Å². The van der Waals surface area contributed by atoms with Crippen LogP contribution in [0.1, 0.15) is 26.9 Å². The number of carbonyl (C=O) groups excluding carboxylic acids is 1. The predicted octanol–water partition coefficient (Wildman–Crippen LogP) is 2.26. The number of fused-ring (bicyclic) bond motifs is 1. The zero-order valence-corrected chi connectivity index (χ0v) is 21.2. The van der Waals surface area contributed by atoms with Crippen LogP contribution >= 0.6 is 11.3 Å². The second-order valence-corrected chi connectivity index (χ2v) is 9.62. The molecule has 1 atom stereocenters. The highest BCUT2D eigenvalue weighted by Crippen LogP contribution is 2.28. The maximum absolute atomic E-state index is 11.4. The van der Waals surface area contributed by atoms with Gasteiger partial charge in [-0.3, -0.25) is 10.0 Å². The first-order valence-corrected chi connectivity index (χ1v) is 12.4. The number of methoxy groups -OCH3 is 1. The Labute approximate surface area is 216 Å². The van der Waals surface area contributed by atoms with Crippen molar-refractivity contribution in [3.05, 3.63) is 59.0 Å². The Morgan fingerprint density at radius 3 is 2.81 bits per heavy atom. The average molecular weight is 523 g/mol. The van der Waals surface area contributed by atoms with E-state index in [4.69, 9.17) is 19.7 Å². The summed E-state index contributed by atoms with van der Waals surface area (Å²) in [7, 11) is 3.48. The van der Waals surface area contributed by atoms with Gasteiger partial charge in [-0.05, 0) is 18.6 Å². The van der Waals surface area contributed by atoms with Crippen molar-refractivity contribution in [3.8, 4) is 5.88 Å². The van der Waals surface area contributed by atoms with Gasteiger partial charge in [-0.15, -0.1) is 11.3 Å². The van der Waals surface area contributed by atoms with E-state index in [9.17, 15) is 4.79 Å². The molecule has 1 fully saturated rings.